The molecule has 1 saturated heterocycles. The van der Waals surface area contributed by atoms with E-state index in [1.54, 1.807) is 0 Å². The van der Waals surface area contributed by atoms with Crippen molar-refractivity contribution in [2.45, 2.75) is 51.2 Å². The molecule has 0 bridgehead atoms. The van der Waals surface area contributed by atoms with Gasteiger partial charge in [-0.15, -0.1) is 0 Å². The Morgan fingerprint density at radius 3 is 2.73 bits per heavy atom. The average Bonchev–Trinajstić information content (AvgIpc) is 3.50. The van der Waals surface area contributed by atoms with E-state index in [2.05, 4.69) is 76.6 Å². The molecule has 170 valence electrons. The van der Waals surface area contributed by atoms with Gasteiger partial charge in [-0.2, -0.15) is 0 Å². The number of imidazole rings is 1. The number of hydrogen-bond donors (Lipinski definition) is 1. The van der Waals surface area contributed by atoms with Crippen LogP contribution in [0, 0.1) is 0 Å². The Morgan fingerprint density at radius 1 is 1.00 bits per heavy atom. The summed E-state index contributed by atoms with van der Waals surface area (Å²) < 4.78 is 7.80. The first-order valence-electron chi connectivity index (χ1n) is 12.1. The molecule has 1 aliphatic heterocycles. The zero-order valence-corrected chi connectivity index (χ0v) is 19.0. The van der Waals surface area contributed by atoms with E-state index in [1.807, 2.05) is 0 Å². The predicted molar refractivity (Wildman–Crippen MR) is 132 cm³/mol. The molecule has 0 radical (unpaired) electrons. The molecule has 1 N–H and O–H groups in total. The molecule has 2 heterocycles. The van der Waals surface area contributed by atoms with Crippen LogP contribution in [0.15, 0.2) is 66.7 Å². The highest BCUT2D eigenvalue weighted by molar-refractivity contribution is 5.83. The Labute approximate surface area is 194 Å². The normalized spacial score (nSPS) is 15.9. The highest BCUT2D eigenvalue weighted by Crippen LogP contribution is 2.22. The van der Waals surface area contributed by atoms with Gasteiger partial charge in [0.25, 0.3) is 0 Å². The van der Waals surface area contributed by atoms with E-state index in [4.69, 9.17) is 9.72 Å². The molecule has 0 saturated carbocycles. The summed E-state index contributed by atoms with van der Waals surface area (Å²) in [5.41, 5.74) is 3.52. The third kappa shape index (κ3) is 5.09. The number of rotatable bonds is 9. The number of benzene rings is 3. The van der Waals surface area contributed by atoms with E-state index in [1.165, 1.54) is 21.9 Å². The van der Waals surface area contributed by atoms with E-state index in [-0.39, 0.29) is 12.0 Å². The van der Waals surface area contributed by atoms with Crippen LogP contribution >= 0.6 is 0 Å². The van der Waals surface area contributed by atoms with Gasteiger partial charge in [0.1, 0.15) is 11.9 Å². The molecular weight excluding hydrogens is 410 g/mol. The second kappa shape index (κ2) is 10.2. The number of unbranched alkanes of at least 4 members (excludes halogenated alkanes) is 2. The first kappa shape index (κ1) is 21.7. The van der Waals surface area contributed by atoms with Crippen molar-refractivity contribution in [3.63, 3.8) is 0 Å². The SMILES string of the molecule is O=C(NCCCCCc1nc2ccccc2n1Cc1ccc2ccccc2c1)C1CCCO1. The molecule has 1 fully saturated rings. The Balaban J connectivity index is 1.21. The zero-order chi connectivity index (χ0) is 22.5. The van der Waals surface area contributed by atoms with Gasteiger partial charge < -0.3 is 14.6 Å². The molecule has 1 aliphatic rings. The fraction of sp³-hybridized carbons (Fsp3) is 0.357. The molecule has 1 atom stereocenters. The van der Waals surface area contributed by atoms with Crippen molar-refractivity contribution in [2.75, 3.05) is 13.2 Å². The molecule has 0 spiro atoms. The van der Waals surface area contributed by atoms with Crippen molar-refractivity contribution in [2.24, 2.45) is 0 Å². The van der Waals surface area contributed by atoms with Crippen molar-refractivity contribution in [3.05, 3.63) is 78.1 Å². The Morgan fingerprint density at radius 2 is 1.85 bits per heavy atom. The van der Waals surface area contributed by atoms with Gasteiger partial charge >= 0.3 is 0 Å². The van der Waals surface area contributed by atoms with Gasteiger partial charge in [0, 0.05) is 26.1 Å². The van der Waals surface area contributed by atoms with E-state index in [0.717, 1.165) is 56.4 Å². The number of aromatic nitrogens is 2. The molecule has 33 heavy (non-hydrogen) atoms. The Kier molecular flexibility index (Phi) is 6.68. The largest absolute Gasteiger partial charge is 0.368 e. The third-order valence-corrected chi connectivity index (χ3v) is 6.49. The van der Waals surface area contributed by atoms with E-state index >= 15 is 0 Å². The topological polar surface area (TPSA) is 56.2 Å². The van der Waals surface area contributed by atoms with Crippen molar-refractivity contribution in [1.82, 2.24) is 14.9 Å². The summed E-state index contributed by atoms with van der Waals surface area (Å²) in [4.78, 5) is 17.0. The fourth-order valence-corrected chi connectivity index (χ4v) is 4.71. The molecule has 0 aliphatic carbocycles. The van der Waals surface area contributed by atoms with Crippen LogP contribution in [-0.2, 0) is 22.5 Å². The summed E-state index contributed by atoms with van der Waals surface area (Å²) in [6.07, 6.45) is 5.62. The number of carbonyl (C=O) groups excluding carboxylic acids is 1. The van der Waals surface area contributed by atoms with Crippen molar-refractivity contribution < 1.29 is 9.53 Å². The van der Waals surface area contributed by atoms with Gasteiger partial charge in [0.15, 0.2) is 0 Å². The van der Waals surface area contributed by atoms with Gasteiger partial charge in [0.2, 0.25) is 5.91 Å². The third-order valence-electron chi connectivity index (χ3n) is 6.49. The lowest BCUT2D eigenvalue weighted by molar-refractivity contribution is -0.130. The Bertz CT molecular complexity index is 1240. The molecule has 5 heteroatoms. The lowest BCUT2D eigenvalue weighted by Crippen LogP contribution is -2.34. The summed E-state index contributed by atoms with van der Waals surface area (Å²) in [7, 11) is 0. The monoisotopic (exact) mass is 441 g/mol. The second-order valence-electron chi connectivity index (χ2n) is 8.89. The van der Waals surface area contributed by atoms with Gasteiger partial charge in [-0.25, -0.2) is 4.98 Å². The van der Waals surface area contributed by atoms with Crippen LogP contribution in [-0.4, -0.2) is 34.7 Å². The van der Waals surface area contributed by atoms with Crippen LogP contribution in [0.4, 0.5) is 0 Å². The van der Waals surface area contributed by atoms with Crippen LogP contribution in [0.5, 0.6) is 0 Å². The van der Waals surface area contributed by atoms with Crippen LogP contribution in [0.3, 0.4) is 0 Å². The molecular formula is C28H31N3O2. The standard InChI is InChI=1S/C28H31N3O2/c32-28(26-13-8-18-33-26)29-17-7-1-2-14-27-30-24-11-5-6-12-25(24)31(27)20-21-15-16-22-9-3-4-10-23(22)19-21/h3-6,9-12,15-16,19,26H,1-2,7-8,13-14,17-18,20H2,(H,29,32). The molecule has 4 aromatic rings. The summed E-state index contributed by atoms with van der Waals surface area (Å²) in [6.45, 7) is 2.24. The lowest BCUT2D eigenvalue weighted by atomic mass is 10.1. The maximum atomic E-state index is 12.0. The van der Waals surface area contributed by atoms with Gasteiger partial charge in [-0.05, 0) is 60.2 Å². The summed E-state index contributed by atoms with van der Waals surface area (Å²) in [6, 6.07) is 23.6. The van der Waals surface area contributed by atoms with Crippen LogP contribution in [0.25, 0.3) is 21.8 Å². The minimum atomic E-state index is -0.236. The van der Waals surface area contributed by atoms with Crippen LogP contribution in [0.2, 0.25) is 0 Å². The van der Waals surface area contributed by atoms with Crippen LogP contribution < -0.4 is 5.32 Å². The first-order chi connectivity index (χ1) is 16.3. The van der Waals surface area contributed by atoms with Crippen molar-refractivity contribution in [3.8, 4) is 0 Å². The summed E-state index contributed by atoms with van der Waals surface area (Å²) >= 11 is 0. The molecule has 1 aromatic heterocycles. The van der Waals surface area contributed by atoms with Gasteiger partial charge in [-0.1, -0.05) is 55.0 Å². The van der Waals surface area contributed by atoms with E-state index in [0.29, 0.717) is 13.2 Å². The van der Waals surface area contributed by atoms with Gasteiger partial charge in [-0.3, -0.25) is 4.79 Å². The molecule has 1 unspecified atom stereocenters. The number of ether oxygens (including phenoxy) is 1. The molecule has 5 rings (SSSR count). The highest BCUT2D eigenvalue weighted by atomic mass is 16.5. The minimum absolute atomic E-state index is 0.0460. The van der Waals surface area contributed by atoms with Crippen molar-refractivity contribution in [1.29, 1.82) is 0 Å². The molecule has 5 nitrogen and oxygen atoms in total. The number of aryl methyl sites for hydroxylation is 1. The number of hydrogen-bond acceptors (Lipinski definition) is 3. The van der Waals surface area contributed by atoms with Gasteiger partial charge in [0.05, 0.1) is 11.0 Å². The first-order valence-corrected chi connectivity index (χ1v) is 12.1. The maximum Gasteiger partial charge on any atom is 0.249 e. The van der Waals surface area contributed by atoms with Crippen molar-refractivity contribution >= 4 is 27.7 Å². The van der Waals surface area contributed by atoms with E-state index in [9.17, 15) is 4.79 Å². The predicted octanol–water partition coefficient (Wildman–Crippen LogP) is 5.25. The summed E-state index contributed by atoms with van der Waals surface area (Å²) in [5.74, 6) is 1.18. The highest BCUT2D eigenvalue weighted by Gasteiger charge is 2.22. The Hall–Kier alpha value is -3.18. The number of nitrogens with one attached hydrogen (secondary N) is 1. The maximum absolute atomic E-state index is 12.0. The zero-order valence-electron chi connectivity index (χ0n) is 19.0. The second-order valence-corrected chi connectivity index (χ2v) is 8.89. The fourth-order valence-electron chi connectivity index (χ4n) is 4.71. The number of para-hydroxylation sites is 2. The smallest absolute Gasteiger partial charge is 0.249 e. The minimum Gasteiger partial charge on any atom is -0.368 e. The number of carbonyl (C=O) groups is 1. The number of nitrogens with zero attached hydrogens (tertiary/aromatic N) is 2. The summed E-state index contributed by atoms with van der Waals surface area (Å²) in [5, 5.41) is 5.56. The molecule has 1 amide bonds. The number of amides is 1. The molecule has 3 aromatic carbocycles. The average molecular weight is 442 g/mol. The van der Waals surface area contributed by atoms with Crippen LogP contribution in [0.1, 0.15) is 43.5 Å². The lowest BCUT2D eigenvalue weighted by Gasteiger charge is -2.11. The van der Waals surface area contributed by atoms with E-state index < -0.39 is 0 Å². The quantitative estimate of drug-likeness (QED) is 0.361. The number of fused-ring (bicyclic) bond motifs is 2.